The molecule has 124 valence electrons. The summed E-state index contributed by atoms with van der Waals surface area (Å²) in [6, 6.07) is 9.96. The monoisotopic (exact) mass is 316 g/mol. The van der Waals surface area contributed by atoms with Crippen LogP contribution >= 0.6 is 0 Å². The average Bonchev–Trinajstić information content (AvgIpc) is 2.80. The third kappa shape index (κ3) is 4.32. The Kier molecular flexibility index (Phi) is 5.76. The lowest BCUT2D eigenvalue weighted by Crippen LogP contribution is -2.38. The molecule has 0 unspecified atom stereocenters. The van der Waals surface area contributed by atoms with Gasteiger partial charge in [0.15, 0.2) is 0 Å². The van der Waals surface area contributed by atoms with Crippen LogP contribution in [-0.4, -0.2) is 46.0 Å². The minimum atomic E-state index is -0.200. The first-order valence-corrected chi connectivity index (χ1v) is 7.69. The van der Waals surface area contributed by atoms with Gasteiger partial charge in [0.1, 0.15) is 0 Å². The molecule has 1 heterocycles. The van der Waals surface area contributed by atoms with E-state index in [9.17, 15) is 4.79 Å². The maximum atomic E-state index is 11.9. The molecule has 23 heavy (non-hydrogen) atoms. The van der Waals surface area contributed by atoms with Crippen LogP contribution in [0.2, 0.25) is 0 Å². The number of hydrogen-bond acceptors (Lipinski definition) is 3. The number of rotatable bonds is 6. The molecule has 0 fully saturated rings. The van der Waals surface area contributed by atoms with Crippen LogP contribution in [-0.2, 0) is 13.1 Å². The lowest BCUT2D eigenvalue weighted by atomic mass is 10.2. The van der Waals surface area contributed by atoms with E-state index in [2.05, 4.69) is 22.5 Å². The van der Waals surface area contributed by atoms with E-state index < -0.39 is 0 Å². The molecule has 2 N–H and O–H groups in total. The van der Waals surface area contributed by atoms with Gasteiger partial charge in [-0.25, -0.2) is 4.79 Å². The first-order valence-electron chi connectivity index (χ1n) is 7.69. The minimum absolute atomic E-state index is 0.0447. The lowest BCUT2D eigenvalue weighted by Gasteiger charge is -2.16. The molecule has 2 amide bonds. The Morgan fingerprint density at radius 1 is 1.30 bits per heavy atom. The fourth-order valence-corrected chi connectivity index (χ4v) is 2.45. The summed E-state index contributed by atoms with van der Waals surface area (Å²) in [5.41, 5.74) is 4.20. The molecule has 2 aromatic rings. The summed E-state index contributed by atoms with van der Waals surface area (Å²) in [5, 5.41) is 16.3. The molecular weight excluding hydrogens is 292 g/mol. The second-order valence-electron chi connectivity index (χ2n) is 5.60. The number of aryl methyl sites for hydroxylation is 1. The molecule has 0 saturated carbocycles. The van der Waals surface area contributed by atoms with Crippen molar-refractivity contribution in [1.29, 1.82) is 0 Å². The lowest BCUT2D eigenvalue weighted by molar-refractivity contribution is 0.190. The van der Waals surface area contributed by atoms with E-state index in [0.717, 1.165) is 17.0 Å². The number of carbonyl (C=O) groups excluding carboxylic acids is 1. The number of likely N-dealkylation sites (N-methyl/N-ethyl adjacent to an activating group) is 1. The van der Waals surface area contributed by atoms with Gasteiger partial charge in [0.25, 0.3) is 0 Å². The maximum Gasteiger partial charge on any atom is 0.317 e. The van der Waals surface area contributed by atoms with Crippen LogP contribution in [0.1, 0.15) is 22.5 Å². The Balaban J connectivity index is 2.04. The predicted molar refractivity (Wildman–Crippen MR) is 89.2 cm³/mol. The van der Waals surface area contributed by atoms with Crippen LogP contribution in [0.25, 0.3) is 0 Å². The second kappa shape index (κ2) is 7.78. The summed E-state index contributed by atoms with van der Waals surface area (Å²) in [7, 11) is 1.66. The molecule has 0 aliphatic heterocycles. The number of hydrogen-bond donors (Lipinski definition) is 2. The Morgan fingerprint density at radius 2 is 2.00 bits per heavy atom. The number of benzene rings is 1. The Morgan fingerprint density at radius 3 is 2.65 bits per heavy atom. The van der Waals surface area contributed by atoms with Gasteiger partial charge in [-0.05, 0) is 19.4 Å². The summed E-state index contributed by atoms with van der Waals surface area (Å²) < 4.78 is 1.96. The number of urea groups is 1. The molecule has 0 saturated heterocycles. The molecule has 1 aromatic heterocycles. The summed E-state index contributed by atoms with van der Waals surface area (Å²) in [4.78, 5) is 13.4. The van der Waals surface area contributed by atoms with E-state index in [-0.39, 0.29) is 12.6 Å². The highest BCUT2D eigenvalue weighted by Gasteiger charge is 2.14. The maximum absolute atomic E-state index is 11.9. The molecule has 0 spiro atoms. The third-order valence-electron chi connectivity index (χ3n) is 3.91. The number of nitrogens with zero attached hydrogens (tertiary/aromatic N) is 3. The Labute approximate surface area is 136 Å². The summed E-state index contributed by atoms with van der Waals surface area (Å²) in [6.07, 6.45) is 0. The minimum Gasteiger partial charge on any atom is -0.395 e. The van der Waals surface area contributed by atoms with Crippen molar-refractivity contribution in [2.24, 2.45) is 0 Å². The van der Waals surface area contributed by atoms with Crippen LogP contribution in [0.4, 0.5) is 4.79 Å². The van der Waals surface area contributed by atoms with Crippen LogP contribution in [0.15, 0.2) is 30.3 Å². The molecule has 0 bridgehead atoms. The second-order valence-corrected chi connectivity index (χ2v) is 5.60. The van der Waals surface area contributed by atoms with Crippen LogP contribution in [0.5, 0.6) is 0 Å². The summed E-state index contributed by atoms with van der Waals surface area (Å²) in [6.45, 7) is 5.39. The van der Waals surface area contributed by atoms with Gasteiger partial charge in [0, 0.05) is 31.4 Å². The first-order chi connectivity index (χ1) is 11.0. The molecule has 6 heteroatoms. The van der Waals surface area contributed by atoms with Crippen LogP contribution in [0.3, 0.4) is 0 Å². The molecular formula is C17H24N4O2. The van der Waals surface area contributed by atoms with Crippen molar-refractivity contribution in [3.63, 3.8) is 0 Å². The first kappa shape index (κ1) is 17.0. The van der Waals surface area contributed by atoms with Crippen molar-refractivity contribution < 1.29 is 9.90 Å². The number of aliphatic hydroxyl groups is 1. The predicted octanol–water partition coefficient (Wildman–Crippen LogP) is 1.68. The van der Waals surface area contributed by atoms with Gasteiger partial charge in [-0.3, -0.25) is 4.68 Å². The molecule has 1 aromatic carbocycles. The zero-order valence-electron chi connectivity index (χ0n) is 13.9. The average molecular weight is 316 g/mol. The van der Waals surface area contributed by atoms with Crippen molar-refractivity contribution in [3.05, 3.63) is 52.8 Å². The number of aromatic nitrogens is 2. The van der Waals surface area contributed by atoms with Gasteiger partial charge in [-0.1, -0.05) is 30.3 Å². The van der Waals surface area contributed by atoms with Gasteiger partial charge >= 0.3 is 6.03 Å². The molecule has 6 nitrogen and oxygen atoms in total. The van der Waals surface area contributed by atoms with E-state index in [4.69, 9.17) is 5.11 Å². The highest BCUT2D eigenvalue weighted by Crippen LogP contribution is 2.14. The smallest absolute Gasteiger partial charge is 0.317 e. The molecule has 0 aliphatic carbocycles. The highest BCUT2D eigenvalue weighted by atomic mass is 16.3. The summed E-state index contributed by atoms with van der Waals surface area (Å²) >= 11 is 0. The van der Waals surface area contributed by atoms with E-state index in [1.807, 2.05) is 36.7 Å². The highest BCUT2D eigenvalue weighted by molar-refractivity contribution is 5.73. The van der Waals surface area contributed by atoms with E-state index in [1.165, 1.54) is 10.5 Å². The van der Waals surface area contributed by atoms with Gasteiger partial charge < -0.3 is 15.3 Å². The number of amides is 2. The Hall–Kier alpha value is -2.34. The molecule has 0 aliphatic rings. The SMILES string of the molecule is Cc1nn(Cc2ccccc2)c(C)c1CNC(=O)N(C)CCO. The number of nitrogens with one attached hydrogen (secondary N) is 1. The fraction of sp³-hybridized carbons (Fsp3) is 0.412. The standard InChI is InChI=1S/C17H24N4O2/c1-13-16(11-18-17(23)20(3)9-10-22)14(2)21(19-13)12-15-7-5-4-6-8-15/h4-8,22H,9-12H2,1-3H3,(H,18,23). The zero-order valence-corrected chi connectivity index (χ0v) is 13.9. The zero-order chi connectivity index (χ0) is 16.8. The largest absolute Gasteiger partial charge is 0.395 e. The molecule has 0 atom stereocenters. The van der Waals surface area contributed by atoms with Gasteiger partial charge in [-0.2, -0.15) is 5.10 Å². The van der Waals surface area contributed by atoms with E-state index >= 15 is 0 Å². The number of aliphatic hydroxyl groups excluding tert-OH is 1. The quantitative estimate of drug-likeness (QED) is 0.852. The topological polar surface area (TPSA) is 70.4 Å². The number of carbonyl (C=O) groups is 1. The van der Waals surface area contributed by atoms with Crippen molar-refractivity contribution in [2.75, 3.05) is 20.2 Å². The van der Waals surface area contributed by atoms with Crippen molar-refractivity contribution in [3.8, 4) is 0 Å². The van der Waals surface area contributed by atoms with Gasteiger partial charge in [-0.15, -0.1) is 0 Å². The van der Waals surface area contributed by atoms with Crippen molar-refractivity contribution in [1.82, 2.24) is 20.0 Å². The van der Waals surface area contributed by atoms with Crippen LogP contribution < -0.4 is 5.32 Å². The third-order valence-corrected chi connectivity index (χ3v) is 3.91. The fourth-order valence-electron chi connectivity index (χ4n) is 2.45. The van der Waals surface area contributed by atoms with E-state index in [0.29, 0.717) is 19.6 Å². The normalized spacial score (nSPS) is 10.6. The van der Waals surface area contributed by atoms with Crippen molar-refractivity contribution in [2.45, 2.75) is 26.9 Å². The van der Waals surface area contributed by atoms with Crippen LogP contribution in [0, 0.1) is 13.8 Å². The molecule has 2 rings (SSSR count). The van der Waals surface area contributed by atoms with Gasteiger partial charge in [0.2, 0.25) is 0 Å². The summed E-state index contributed by atoms with van der Waals surface area (Å²) in [5.74, 6) is 0. The molecule has 0 radical (unpaired) electrons. The Bertz CT molecular complexity index is 652. The van der Waals surface area contributed by atoms with Gasteiger partial charge in [0.05, 0.1) is 18.8 Å². The van der Waals surface area contributed by atoms with E-state index in [1.54, 1.807) is 7.05 Å². The van der Waals surface area contributed by atoms with Crippen molar-refractivity contribution >= 4 is 6.03 Å².